The predicted molar refractivity (Wildman–Crippen MR) is 58.0 cm³/mol. The van der Waals surface area contributed by atoms with Gasteiger partial charge in [0, 0.05) is 9.38 Å². The lowest BCUT2D eigenvalue weighted by molar-refractivity contribution is -0.142. The summed E-state index contributed by atoms with van der Waals surface area (Å²) >= 11 is 3.27. The molecule has 0 heterocycles. The molecule has 5 nitrogen and oxygen atoms in total. The number of azide groups is 1. The van der Waals surface area contributed by atoms with E-state index in [1.165, 1.54) is 7.11 Å². The molecule has 1 atom stereocenters. The number of nitrogens with zero attached hydrogens (tertiary/aromatic N) is 3. The van der Waals surface area contributed by atoms with Crippen LogP contribution in [-0.4, -0.2) is 13.1 Å². The van der Waals surface area contributed by atoms with Crippen molar-refractivity contribution in [1.29, 1.82) is 0 Å². The number of esters is 1. The molecule has 1 aromatic carbocycles. The molecule has 0 N–H and O–H groups in total. The van der Waals surface area contributed by atoms with Gasteiger partial charge < -0.3 is 4.74 Å². The molecule has 15 heavy (non-hydrogen) atoms. The Morgan fingerprint density at radius 1 is 1.53 bits per heavy atom. The van der Waals surface area contributed by atoms with Crippen molar-refractivity contribution in [3.05, 3.63) is 44.7 Å². The molecule has 0 aliphatic carbocycles. The van der Waals surface area contributed by atoms with Gasteiger partial charge in [-0.3, -0.25) is 4.79 Å². The normalized spacial score (nSPS) is 11.3. The van der Waals surface area contributed by atoms with Gasteiger partial charge >= 0.3 is 5.97 Å². The van der Waals surface area contributed by atoms with Crippen LogP contribution in [0, 0.1) is 0 Å². The quantitative estimate of drug-likeness (QED) is 0.366. The van der Waals surface area contributed by atoms with Crippen LogP contribution >= 0.6 is 15.9 Å². The van der Waals surface area contributed by atoms with E-state index in [1.807, 2.05) is 0 Å². The minimum Gasteiger partial charge on any atom is -0.468 e. The van der Waals surface area contributed by atoms with Gasteiger partial charge in [-0.15, -0.1) is 0 Å². The number of hydrogen-bond acceptors (Lipinski definition) is 3. The highest BCUT2D eigenvalue weighted by Crippen LogP contribution is 2.21. The van der Waals surface area contributed by atoms with Crippen molar-refractivity contribution in [2.45, 2.75) is 6.04 Å². The molecular weight excluding hydrogens is 262 g/mol. The Morgan fingerprint density at radius 2 is 2.13 bits per heavy atom. The fourth-order valence-corrected chi connectivity index (χ4v) is 1.32. The van der Waals surface area contributed by atoms with Crippen molar-refractivity contribution >= 4 is 21.9 Å². The summed E-state index contributed by atoms with van der Waals surface area (Å²) < 4.78 is 5.42. The Hall–Kier alpha value is -1.52. The van der Waals surface area contributed by atoms with Crippen molar-refractivity contribution in [3.8, 4) is 0 Å². The number of ether oxygens (including phenoxy) is 1. The Kier molecular flexibility index (Phi) is 4.15. The Bertz CT molecular complexity index is 398. The van der Waals surface area contributed by atoms with Gasteiger partial charge in [0.15, 0.2) is 6.04 Å². The number of halogens is 1. The first-order valence-electron chi connectivity index (χ1n) is 4.06. The van der Waals surface area contributed by atoms with Gasteiger partial charge in [0.1, 0.15) is 0 Å². The van der Waals surface area contributed by atoms with Gasteiger partial charge in [0.05, 0.1) is 7.11 Å². The fraction of sp³-hybridized carbons (Fsp3) is 0.222. The molecule has 0 saturated carbocycles. The Labute approximate surface area is 94.8 Å². The Balaban J connectivity index is 3.04. The fourth-order valence-electron chi connectivity index (χ4n) is 1.06. The largest absolute Gasteiger partial charge is 0.468 e. The van der Waals surface area contributed by atoms with E-state index < -0.39 is 12.0 Å². The van der Waals surface area contributed by atoms with Crippen LogP contribution in [0.15, 0.2) is 33.9 Å². The summed E-state index contributed by atoms with van der Waals surface area (Å²) in [6, 6.07) is 5.99. The highest BCUT2D eigenvalue weighted by atomic mass is 79.9. The number of carbonyl (C=O) groups excluding carboxylic acids is 1. The summed E-state index contributed by atoms with van der Waals surface area (Å²) in [4.78, 5) is 13.9. The van der Waals surface area contributed by atoms with Crippen molar-refractivity contribution < 1.29 is 9.53 Å². The van der Waals surface area contributed by atoms with E-state index >= 15 is 0 Å². The van der Waals surface area contributed by atoms with Crippen LogP contribution in [0.3, 0.4) is 0 Å². The van der Waals surface area contributed by atoms with Crippen LogP contribution in [0.4, 0.5) is 0 Å². The average Bonchev–Trinajstić information content (AvgIpc) is 2.26. The molecule has 0 amide bonds. The lowest BCUT2D eigenvalue weighted by Crippen LogP contribution is -2.11. The van der Waals surface area contributed by atoms with Gasteiger partial charge in [-0.1, -0.05) is 33.2 Å². The highest BCUT2D eigenvalue weighted by molar-refractivity contribution is 9.10. The van der Waals surface area contributed by atoms with E-state index in [2.05, 4.69) is 30.7 Å². The summed E-state index contributed by atoms with van der Waals surface area (Å²) in [5.41, 5.74) is 8.94. The smallest absolute Gasteiger partial charge is 0.319 e. The van der Waals surface area contributed by atoms with Crippen molar-refractivity contribution in [1.82, 2.24) is 0 Å². The number of carbonyl (C=O) groups is 1. The first kappa shape index (κ1) is 11.6. The zero-order valence-corrected chi connectivity index (χ0v) is 9.51. The van der Waals surface area contributed by atoms with Gasteiger partial charge in [-0.05, 0) is 23.2 Å². The minimum atomic E-state index is -0.923. The number of rotatable bonds is 3. The van der Waals surface area contributed by atoms with E-state index in [0.717, 1.165) is 4.47 Å². The molecule has 0 fully saturated rings. The molecule has 0 spiro atoms. The standard InChI is InChI=1S/C9H8BrN3O2/c1-15-9(14)8(12-13-11)6-2-4-7(10)5-3-6/h2-5,8H,1H3. The van der Waals surface area contributed by atoms with Crippen LogP contribution in [0.25, 0.3) is 10.4 Å². The summed E-state index contributed by atoms with van der Waals surface area (Å²) in [6.45, 7) is 0. The molecule has 0 saturated heterocycles. The molecule has 0 radical (unpaired) electrons. The average molecular weight is 270 g/mol. The van der Waals surface area contributed by atoms with Gasteiger partial charge in [0.25, 0.3) is 0 Å². The highest BCUT2D eigenvalue weighted by Gasteiger charge is 2.19. The zero-order valence-electron chi connectivity index (χ0n) is 7.92. The maximum atomic E-state index is 11.3. The van der Waals surface area contributed by atoms with E-state index in [4.69, 9.17) is 5.53 Å². The molecular formula is C9H8BrN3O2. The number of methoxy groups -OCH3 is 1. The molecule has 0 aliphatic rings. The van der Waals surface area contributed by atoms with Crippen molar-refractivity contribution in [2.75, 3.05) is 7.11 Å². The third kappa shape index (κ3) is 2.97. The summed E-state index contributed by atoms with van der Waals surface area (Å²) in [5, 5.41) is 3.39. The molecule has 1 rings (SSSR count). The summed E-state index contributed by atoms with van der Waals surface area (Å²) in [7, 11) is 1.25. The molecule has 0 aliphatic heterocycles. The van der Waals surface area contributed by atoms with Gasteiger partial charge in [-0.25, -0.2) is 0 Å². The molecule has 6 heteroatoms. The second-order valence-electron chi connectivity index (χ2n) is 2.68. The first-order chi connectivity index (χ1) is 7.19. The van der Waals surface area contributed by atoms with E-state index in [-0.39, 0.29) is 0 Å². The van der Waals surface area contributed by atoms with Crippen molar-refractivity contribution in [2.24, 2.45) is 5.11 Å². The van der Waals surface area contributed by atoms with Crippen LogP contribution < -0.4 is 0 Å². The number of benzene rings is 1. The van der Waals surface area contributed by atoms with Gasteiger partial charge in [0.2, 0.25) is 0 Å². The topological polar surface area (TPSA) is 75.1 Å². The van der Waals surface area contributed by atoms with Crippen molar-refractivity contribution in [3.63, 3.8) is 0 Å². The molecule has 0 bridgehead atoms. The second-order valence-corrected chi connectivity index (χ2v) is 3.60. The predicted octanol–water partition coefficient (Wildman–Crippen LogP) is 2.97. The van der Waals surface area contributed by atoms with Gasteiger partial charge in [-0.2, -0.15) is 0 Å². The van der Waals surface area contributed by atoms with E-state index in [1.54, 1.807) is 24.3 Å². The molecule has 1 unspecified atom stereocenters. The monoisotopic (exact) mass is 269 g/mol. The lowest BCUT2D eigenvalue weighted by Gasteiger charge is -2.08. The Morgan fingerprint density at radius 3 is 2.60 bits per heavy atom. The number of hydrogen-bond donors (Lipinski definition) is 0. The summed E-state index contributed by atoms with van der Waals surface area (Å²) in [6.07, 6.45) is 0. The summed E-state index contributed by atoms with van der Waals surface area (Å²) in [5.74, 6) is -0.574. The zero-order chi connectivity index (χ0) is 11.3. The van der Waals surface area contributed by atoms with E-state index in [9.17, 15) is 4.79 Å². The van der Waals surface area contributed by atoms with Crippen LogP contribution in [0.5, 0.6) is 0 Å². The maximum absolute atomic E-state index is 11.3. The van der Waals surface area contributed by atoms with Crippen LogP contribution in [0.1, 0.15) is 11.6 Å². The lowest BCUT2D eigenvalue weighted by atomic mass is 10.1. The van der Waals surface area contributed by atoms with E-state index in [0.29, 0.717) is 5.56 Å². The first-order valence-corrected chi connectivity index (χ1v) is 4.86. The third-order valence-corrected chi connectivity index (χ3v) is 2.31. The molecule has 1 aromatic rings. The second kappa shape index (κ2) is 5.38. The van der Waals surface area contributed by atoms with Crippen LogP contribution in [0.2, 0.25) is 0 Å². The minimum absolute atomic E-state index is 0.574. The molecule has 0 aromatic heterocycles. The maximum Gasteiger partial charge on any atom is 0.319 e. The SMILES string of the molecule is COC(=O)C(N=[N+]=[N-])c1ccc(Br)cc1. The molecule has 78 valence electrons. The van der Waals surface area contributed by atoms with Crippen LogP contribution in [-0.2, 0) is 9.53 Å². The third-order valence-electron chi connectivity index (χ3n) is 1.78.